The highest BCUT2D eigenvalue weighted by Crippen LogP contribution is 2.30. The van der Waals surface area contributed by atoms with Crippen LogP contribution in [0.15, 0.2) is 48.5 Å². The second kappa shape index (κ2) is 4.56. The van der Waals surface area contributed by atoms with Gasteiger partial charge in [-0.05, 0) is 48.4 Å². The molecule has 0 saturated heterocycles. The van der Waals surface area contributed by atoms with Crippen LogP contribution < -0.4 is 0 Å². The third kappa shape index (κ3) is 2.27. The Kier molecular flexibility index (Phi) is 2.88. The molecule has 0 aliphatic rings. The summed E-state index contributed by atoms with van der Waals surface area (Å²) in [6.45, 7) is 1.98. The number of pyridine rings is 1. The number of rotatable bonds is 1. The fourth-order valence-electron chi connectivity index (χ4n) is 2.09. The van der Waals surface area contributed by atoms with Crippen LogP contribution in [0, 0.1) is 6.92 Å². The Hall–Kier alpha value is -2.06. The highest BCUT2D eigenvalue weighted by atomic mass is 35.5. The summed E-state index contributed by atoms with van der Waals surface area (Å²) in [5.74, 6) is 0.100. The minimum atomic E-state index is 0.100. The van der Waals surface area contributed by atoms with E-state index in [2.05, 4.69) is 17.1 Å². The largest absolute Gasteiger partial charge is 0.506 e. The van der Waals surface area contributed by atoms with Crippen LogP contribution in [-0.4, -0.2) is 10.1 Å². The molecule has 3 aromatic rings. The fraction of sp³-hybridized carbons (Fsp3) is 0.0625. The lowest BCUT2D eigenvalue weighted by molar-refractivity contribution is 0.475. The van der Waals surface area contributed by atoms with E-state index in [0.717, 1.165) is 27.7 Å². The topological polar surface area (TPSA) is 33.1 Å². The quantitative estimate of drug-likeness (QED) is 0.702. The minimum absolute atomic E-state index is 0.100. The summed E-state index contributed by atoms with van der Waals surface area (Å²) >= 11 is 5.94. The van der Waals surface area contributed by atoms with Crippen LogP contribution in [0.4, 0.5) is 0 Å². The summed E-state index contributed by atoms with van der Waals surface area (Å²) in [5, 5.41) is 10.9. The van der Waals surface area contributed by atoms with E-state index >= 15 is 0 Å². The Morgan fingerprint density at radius 2 is 1.68 bits per heavy atom. The summed E-state index contributed by atoms with van der Waals surface area (Å²) in [5.41, 5.74) is 4.02. The number of fused-ring (bicyclic) bond motifs is 1. The van der Waals surface area contributed by atoms with Crippen molar-refractivity contribution in [1.29, 1.82) is 0 Å². The molecule has 19 heavy (non-hydrogen) atoms. The zero-order chi connectivity index (χ0) is 13.4. The summed E-state index contributed by atoms with van der Waals surface area (Å²) in [6, 6.07) is 15.4. The van der Waals surface area contributed by atoms with E-state index in [-0.39, 0.29) is 5.75 Å². The molecule has 0 saturated carbocycles. The lowest BCUT2D eigenvalue weighted by atomic mass is 10.0. The van der Waals surface area contributed by atoms with Gasteiger partial charge in [-0.25, -0.2) is 0 Å². The first kappa shape index (κ1) is 12.0. The second-order valence-corrected chi connectivity index (χ2v) is 4.93. The molecule has 0 atom stereocenters. The lowest BCUT2D eigenvalue weighted by Gasteiger charge is -2.06. The van der Waals surface area contributed by atoms with Gasteiger partial charge in [-0.15, -0.1) is 0 Å². The van der Waals surface area contributed by atoms with Crippen LogP contribution in [0.5, 0.6) is 5.75 Å². The fourth-order valence-corrected chi connectivity index (χ4v) is 2.27. The second-order valence-electron chi connectivity index (χ2n) is 4.53. The molecule has 0 fully saturated rings. The zero-order valence-corrected chi connectivity index (χ0v) is 11.1. The van der Waals surface area contributed by atoms with Crippen LogP contribution in [0.25, 0.3) is 22.0 Å². The van der Waals surface area contributed by atoms with Gasteiger partial charge in [0.05, 0.1) is 10.5 Å². The number of aromatic hydroxyl groups is 1. The zero-order valence-electron chi connectivity index (χ0n) is 10.4. The predicted octanol–water partition coefficient (Wildman–Crippen LogP) is 4.57. The van der Waals surface area contributed by atoms with E-state index in [1.807, 2.05) is 31.2 Å². The number of aryl methyl sites for hydroxylation is 1. The van der Waals surface area contributed by atoms with Gasteiger partial charge in [-0.1, -0.05) is 29.8 Å². The minimum Gasteiger partial charge on any atom is -0.506 e. The van der Waals surface area contributed by atoms with E-state index in [1.165, 1.54) is 0 Å². The normalized spacial score (nSPS) is 10.8. The van der Waals surface area contributed by atoms with Crippen molar-refractivity contribution in [2.45, 2.75) is 6.92 Å². The van der Waals surface area contributed by atoms with Gasteiger partial charge >= 0.3 is 0 Å². The molecule has 1 aromatic heterocycles. The van der Waals surface area contributed by atoms with Crippen molar-refractivity contribution >= 4 is 22.5 Å². The number of phenolic OH excluding ortho intramolecular Hbond substituents is 1. The molecule has 0 spiro atoms. The SMILES string of the molecule is Cc1ccc2cc(-c3ccc(O)c(Cl)c3)ccc2n1. The van der Waals surface area contributed by atoms with Gasteiger partial charge in [-0.2, -0.15) is 0 Å². The molecule has 2 nitrogen and oxygen atoms in total. The molecule has 0 aliphatic carbocycles. The molecule has 3 rings (SSSR count). The van der Waals surface area contributed by atoms with Crippen molar-refractivity contribution in [2.24, 2.45) is 0 Å². The van der Waals surface area contributed by atoms with Gasteiger partial charge < -0.3 is 5.11 Å². The first-order chi connectivity index (χ1) is 9.13. The molecule has 1 N–H and O–H groups in total. The molecule has 0 bridgehead atoms. The van der Waals surface area contributed by atoms with Crippen LogP contribution in [-0.2, 0) is 0 Å². The van der Waals surface area contributed by atoms with Crippen LogP contribution in [0.2, 0.25) is 5.02 Å². The number of benzene rings is 2. The Labute approximate surface area is 116 Å². The molecule has 0 radical (unpaired) electrons. The number of aromatic nitrogens is 1. The Balaban J connectivity index is 2.14. The molecule has 0 amide bonds. The summed E-state index contributed by atoms with van der Waals surface area (Å²) in [7, 11) is 0. The third-order valence-corrected chi connectivity index (χ3v) is 3.41. The first-order valence-electron chi connectivity index (χ1n) is 6.00. The number of hydrogen-bond acceptors (Lipinski definition) is 2. The maximum Gasteiger partial charge on any atom is 0.134 e. The monoisotopic (exact) mass is 269 g/mol. The van der Waals surface area contributed by atoms with Crippen LogP contribution >= 0.6 is 11.6 Å². The lowest BCUT2D eigenvalue weighted by Crippen LogP contribution is -1.84. The Morgan fingerprint density at radius 3 is 2.47 bits per heavy atom. The van der Waals surface area contributed by atoms with E-state index < -0.39 is 0 Å². The Morgan fingerprint density at radius 1 is 0.947 bits per heavy atom. The first-order valence-corrected chi connectivity index (χ1v) is 6.37. The van der Waals surface area contributed by atoms with E-state index in [4.69, 9.17) is 11.6 Å². The van der Waals surface area contributed by atoms with Crippen LogP contribution in [0.1, 0.15) is 5.69 Å². The summed E-state index contributed by atoms with van der Waals surface area (Å²) in [4.78, 5) is 4.48. The van der Waals surface area contributed by atoms with Crippen molar-refractivity contribution in [3.8, 4) is 16.9 Å². The average molecular weight is 270 g/mol. The van der Waals surface area contributed by atoms with E-state index in [1.54, 1.807) is 12.1 Å². The molecule has 0 unspecified atom stereocenters. The maximum atomic E-state index is 9.45. The highest BCUT2D eigenvalue weighted by molar-refractivity contribution is 6.32. The number of hydrogen-bond donors (Lipinski definition) is 1. The van der Waals surface area contributed by atoms with Gasteiger partial charge in [0.15, 0.2) is 0 Å². The number of nitrogens with zero attached hydrogens (tertiary/aromatic N) is 1. The summed E-state index contributed by atoms with van der Waals surface area (Å²) < 4.78 is 0. The van der Waals surface area contributed by atoms with Crippen molar-refractivity contribution in [3.63, 3.8) is 0 Å². The molecule has 1 heterocycles. The summed E-state index contributed by atoms with van der Waals surface area (Å²) in [6.07, 6.45) is 0. The van der Waals surface area contributed by atoms with Crippen molar-refractivity contribution in [1.82, 2.24) is 4.98 Å². The van der Waals surface area contributed by atoms with Gasteiger partial charge in [0.1, 0.15) is 5.75 Å². The van der Waals surface area contributed by atoms with Gasteiger partial charge in [0, 0.05) is 11.1 Å². The average Bonchev–Trinajstić information content (AvgIpc) is 2.41. The van der Waals surface area contributed by atoms with Crippen molar-refractivity contribution in [3.05, 3.63) is 59.2 Å². The van der Waals surface area contributed by atoms with Gasteiger partial charge in [0.25, 0.3) is 0 Å². The van der Waals surface area contributed by atoms with Crippen LogP contribution in [0.3, 0.4) is 0 Å². The smallest absolute Gasteiger partial charge is 0.134 e. The van der Waals surface area contributed by atoms with Gasteiger partial charge in [-0.3, -0.25) is 4.98 Å². The highest BCUT2D eigenvalue weighted by Gasteiger charge is 2.04. The molecule has 3 heteroatoms. The number of halogens is 1. The van der Waals surface area contributed by atoms with Gasteiger partial charge in [0.2, 0.25) is 0 Å². The van der Waals surface area contributed by atoms with Crippen molar-refractivity contribution < 1.29 is 5.11 Å². The molecule has 2 aromatic carbocycles. The van der Waals surface area contributed by atoms with E-state index in [9.17, 15) is 5.11 Å². The molecular formula is C16H12ClNO. The Bertz CT molecular complexity index is 768. The number of phenols is 1. The third-order valence-electron chi connectivity index (χ3n) is 3.11. The maximum absolute atomic E-state index is 9.45. The predicted molar refractivity (Wildman–Crippen MR) is 78.6 cm³/mol. The molecular weight excluding hydrogens is 258 g/mol. The van der Waals surface area contributed by atoms with Crippen molar-refractivity contribution in [2.75, 3.05) is 0 Å². The standard InChI is InChI=1S/C16H12ClNO/c1-10-2-3-13-8-11(4-6-15(13)18-10)12-5-7-16(19)14(17)9-12/h2-9,19H,1H3. The molecule has 94 valence electrons. The van der Waals surface area contributed by atoms with E-state index in [0.29, 0.717) is 5.02 Å². The molecule has 0 aliphatic heterocycles.